The molecule has 0 unspecified atom stereocenters. The van der Waals surface area contributed by atoms with Gasteiger partial charge in [0.05, 0.1) is 14.7 Å². The third-order valence-electron chi connectivity index (χ3n) is 4.48. The zero-order chi connectivity index (χ0) is 22.1. The van der Waals surface area contributed by atoms with Crippen molar-refractivity contribution in [3.63, 3.8) is 0 Å². The number of nitrogens with one attached hydrogen (secondary N) is 2. The molecule has 0 aliphatic carbocycles. The van der Waals surface area contributed by atoms with Crippen LogP contribution in [0.2, 0.25) is 10.0 Å². The van der Waals surface area contributed by atoms with E-state index in [-0.39, 0.29) is 22.9 Å². The summed E-state index contributed by atoms with van der Waals surface area (Å²) in [5.41, 5.74) is 7.94. The van der Waals surface area contributed by atoms with E-state index in [0.29, 0.717) is 31.8 Å². The summed E-state index contributed by atoms with van der Waals surface area (Å²) in [5, 5.41) is 3.44. The highest BCUT2D eigenvalue weighted by molar-refractivity contribution is 7.22. The van der Waals surface area contributed by atoms with E-state index in [4.69, 9.17) is 33.7 Å². The van der Waals surface area contributed by atoms with Crippen molar-refractivity contribution < 1.29 is 14.3 Å². The largest absolute Gasteiger partial charge is 0.487 e. The van der Waals surface area contributed by atoms with Gasteiger partial charge in [-0.25, -0.2) is 4.98 Å². The van der Waals surface area contributed by atoms with Crippen LogP contribution >= 0.6 is 34.5 Å². The van der Waals surface area contributed by atoms with Crippen LogP contribution < -0.4 is 15.8 Å². The number of hydrogen-bond acceptors (Lipinski definition) is 5. The Morgan fingerprint density at radius 3 is 2.58 bits per heavy atom. The number of ether oxygens (including phenoxy) is 1. The Morgan fingerprint density at radius 1 is 1.19 bits per heavy atom. The van der Waals surface area contributed by atoms with E-state index in [1.165, 1.54) is 11.3 Å². The van der Waals surface area contributed by atoms with E-state index in [9.17, 15) is 9.59 Å². The molecule has 0 radical (unpaired) electrons. The minimum Gasteiger partial charge on any atom is -0.487 e. The van der Waals surface area contributed by atoms with Crippen molar-refractivity contribution in [1.29, 1.82) is 0 Å². The number of hydrogen-bond donors (Lipinski definition) is 3. The topological polar surface area (TPSA) is 110 Å². The molecule has 158 valence electrons. The molecule has 0 saturated carbocycles. The summed E-state index contributed by atoms with van der Waals surface area (Å²) in [6.45, 7) is 2.00. The van der Waals surface area contributed by atoms with Gasteiger partial charge in [0.15, 0.2) is 5.13 Å². The number of halogens is 2. The molecule has 4 aromatic rings. The van der Waals surface area contributed by atoms with Crippen LogP contribution in [-0.2, 0) is 6.61 Å². The van der Waals surface area contributed by atoms with Crippen molar-refractivity contribution >= 4 is 61.7 Å². The lowest BCUT2D eigenvalue weighted by Gasteiger charge is -2.08. The number of aromatic nitrogens is 2. The minimum atomic E-state index is -0.589. The number of nitrogens with zero attached hydrogens (tertiary/aromatic N) is 1. The molecule has 0 aliphatic heterocycles. The number of thiazole rings is 1. The standard InChI is InChI=1S/C21H16Cl2N4O3S/c1-10-15(22)16(23)18(25-10)20(29)27-21-26-17-13(30-9-11-5-3-2-4-6-11)7-12(19(24)28)8-14(17)31-21/h2-8,25H,9H2,1H3,(H2,24,28)(H,26,27,29). The molecular weight excluding hydrogens is 459 g/mol. The Hall–Kier alpha value is -3.07. The van der Waals surface area contributed by atoms with Crippen LogP contribution in [0.4, 0.5) is 5.13 Å². The molecule has 2 heterocycles. The van der Waals surface area contributed by atoms with Crippen LogP contribution in [0.3, 0.4) is 0 Å². The molecule has 2 aromatic heterocycles. The zero-order valence-electron chi connectivity index (χ0n) is 16.2. The number of carbonyl (C=O) groups excluding carboxylic acids is 2. The van der Waals surface area contributed by atoms with Crippen LogP contribution in [0, 0.1) is 6.92 Å². The van der Waals surface area contributed by atoms with Gasteiger partial charge in [-0.3, -0.25) is 14.9 Å². The summed E-state index contributed by atoms with van der Waals surface area (Å²) in [7, 11) is 0. The lowest BCUT2D eigenvalue weighted by Crippen LogP contribution is -2.12. The van der Waals surface area contributed by atoms with Crippen molar-refractivity contribution in [2.75, 3.05) is 5.32 Å². The second-order valence-electron chi connectivity index (χ2n) is 6.69. The molecular formula is C21H16Cl2N4O3S. The van der Waals surface area contributed by atoms with Crippen molar-refractivity contribution in [1.82, 2.24) is 9.97 Å². The number of rotatable bonds is 6. The molecule has 0 aliphatic rings. The van der Waals surface area contributed by atoms with E-state index < -0.39 is 11.8 Å². The average molecular weight is 475 g/mol. The first-order valence-electron chi connectivity index (χ1n) is 9.09. The van der Waals surface area contributed by atoms with Gasteiger partial charge in [-0.1, -0.05) is 64.9 Å². The van der Waals surface area contributed by atoms with Crippen molar-refractivity contribution in [3.8, 4) is 5.75 Å². The highest BCUT2D eigenvalue weighted by Gasteiger charge is 2.20. The monoisotopic (exact) mass is 474 g/mol. The Labute approximate surface area is 191 Å². The van der Waals surface area contributed by atoms with Gasteiger partial charge in [0.25, 0.3) is 5.91 Å². The van der Waals surface area contributed by atoms with Crippen molar-refractivity contribution in [3.05, 3.63) is 75.0 Å². The maximum atomic E-state index is 12.6. The number of benzene rings is 2. The lowest BCUT2D eigenvalue weighted by molar-refractivity contribution is 0.0997. The molecule has 2 amide bonds. The number of fused-ring (bicyclic) bond motifs is 1. The molecule has 31 heavy (non-hydrogen) atoms. The molecule has 2 aromatic carbocycles. The Kier molecular flexibility index (Phi) is 5.86. The Morgan fingerprint density at radius 2 is 1.94 bits per heavy atom. The van der Waals surface area contributed by atoms with Crippen LogP contribution in [0.25, 0.3) is 10.2 Å². The van der Waals surface area contributed by atoms with Gasteiger partial charge in [0.2, 0.25) is 5.91 Å². The molecule has 0 spiro atoms. The number of nitrogens with two attached hydrogens (primary N) is 1. The smallest absolute Gasteiger partial charge is 0.275 e. The minimum absolute atomic E-state index is 0.140. The number of anilines is 1. The number of aromatic amines is 1. The number of primary amides is 1. The summed E-state index contributed by atoms with van der Waals surface area (Å²) in [5.74, 6) is -0.682. The Balaban J connectivity index is 1.65. The number of carbonyl (C=O) groups is 2. The molecule has 0 fully saturated rings. The van der Waals surface area contributed by atoms with E-state index in [2.05, 4.69) is 15.3 Å². The fourth-order valence-electron chi connectivity index (χ4n) is 2.93. The highest BCUT2D eigenvalue weighted by Crippen LogP contribution is 2.35. The predicted molar refractivity (Wildman–Crippen MR) is 122 cm³/mol. The second kappa shape index (κ2) is 8.58. The third kappa shape index (κ3) is 4.36. The molecule has 0 saturated heterocycles. The van der Waals surface area contributed by atoms with Crippen molar-refractivity contribution in [2.45, 2.75) is 13.5 Å². The first kappa shape index (κ1) is 21.2. The van der Waals surface area contributed by atoms with Gasteiger partial charge in [0.1, 0.15) is 23.6 Å². The normalized spacial score (nSPS) is 10.9. The summed E-state index contributed by atoms with van der Waals surface area (Å²) in [4.78, 5) is 31.7. The predicted octanol–water partition coefficient (Wildman–Crippen LogP) is 5.17. The highest BCUT2D eigenvalue weighted by atomic mass is 35.5. The van der Waals surface area contributed by atoms with E-state index >= 15 is 0 Å². The summed E-state index contributed by atoms with van der Waals surface area (Å²) in [6, 6.07) is 12.7. The average Bonchev–Trinajstić information content (AvgIpc) is 3.28. The SMILES string of the molecule is Cc1[nH]c(C(=O)Nc2nc3c(OCc4ccccc4)cc(C(N)=O)cc3s2)c(Cl)c1Cl. The first-order valence-corrected chi connectivity index (χ1v) is 10.7. The number of amides is 2. The van der Waals surface area contributed by atoms with Gasteiger partial charge in [-0.15, -0.1) is 0 Å². The maximum Gasteiger partial charge on any atom is 0.275 e. The summed E-state index contributed by atoms with van der Waals surface area (Å²) >= 11 is 13.4. The van der Waals surface area contributed by atoms with Gasteiger partial charge in [0, 0.05) is 11.3 Å². The van der Waals surface area contributed by atoms with E-state index in [1.807, 2.05) is 30.3 Å². The van der Waals surface area contributed by atoms with Gasteiger partial charge in [-0.05, 0) is 24.6 Å². The molecule has 0 atom stereocenters. The number of aryl methyl sites for hydroxylation is 1. The quantitative estimate of drug-likeness (QED) is 0.357. The fraction of sp³-hybridized carbons (Fsp3) is 0.0952. The second-order valence-corrected chi connectivity index (χ2v) is 8.47. The third-order valence-corrected chi connectivity index (χ3v) is 6.35. The maximum absolute atomic E-state index is 12.6. The molecule has 7 nitrogen and oxygen atoms in total. The van der Waals surface area contributed by atoms with Crippen LogP contribution in [0.5, 0.6) is 5.75 Å². The van der Waals surface area contributed by atoms with Crippen LogP contribution in [-0.4, -0.2) is 21.8 Å². The fourth-order valence-corrected chi connectivity index (χ4v) is 4.26. The summed E-state index contributed by atoms with van der Waals surface area (Å²) < 4.78 is 6.56. The first-order chi connectivity index (χ1) is 14.8. The van der Waals surface area contributed by atoms with Crippen LogP contribution in [0.1, 0.15) is 32.1 Å². The van der Waals surface area contributed by atoms with Gasteiger partial charge >= 0.3 is 0 Å². The van der Waals surface area contributed by atoms with E-state index in [0.717, 1.165) is 5.56 Å². The van der Waals surface area contributed by atoms with E-state index in [1.54, 1.807) is 19.1 Å². The summed E-state index contributed by atoms with van der Waals surface area (Å²) in [6.07, 6.45) is 0. The van der Waals surface area contributed by atoms with Gasteiger partial charge in [-0.2, -0.15) is 0 Å². The lowest BCUT2D eigenvalue weighted by atomic mass is 10.2. The zero-order valence-corrected chi connectivity index (χ0v) is 18.5. The molecule has 4 N–H and O–H groups in total. The van der Waals surface area contributed by atoms with Crippen molar-refractivity contribution in [2.24, 2.45) is 5.73 Å². The van der Waals surface area contributed by atoms with Gasteiger partial charge < -0.3 is 15.5 Å². The molecule has 0 bridgehead atoms. The number of H-pyrrole nitrogens is 1. The Bertz CT molecular complexity index is 1300. The molecule has 4 rings (SSSR count). The van der Waals surface area contributed by atoms with Crippen LogP contribution in [0.15, 0.2) is 42.5 Å². The molecule has 10 heteroatoms.